The molecular weight excluding hydrogens is 203 g/mol. The van der Waals surface area contributed by atoms with E-state index in [1.54, 1.807) is 12.1 Å². The van der Waals surface area contributed by atoms with Gasteiger partial charge in [0.05, 0.1) is 0 Å². The molecule has 0 aliphatic heterocycles. The smallest absolute Gasteiger partial charge is 0.128 e. The Morgan fingerprint density at radius 1 is 1.38 bits per heavy atom. The lowest BCUT2D eigenvalue weighted by Crippen LogP contribution is -2.30. The van der Waals surface area contributed by atoms with E-state index in [-0.39, 0.29) is 11.9 Å². The zero-order chi connectivity index (χ0) is 12.0. The minimum atomic E-state index is -0.186. The Balaban J connectivity index is 2.71. The largest absolute Gasteiger partial charge is 0.271 e. The van der Waals surface area contributed by atoms with Crippen LogP contribution in [-0.4, -0.2) is 0 Å². The van der Waals surface area contributed by atoms with Crippen molar-refractivity contribution in [2.24, 2.45) is 11.8 Å². The van der Waals surface area contributed by atoms with Gasteiger partial charge in [-0.2, -0.15) is 0 Å². The van der Waals surface area contributed by atoms with Crippen LogP contribution >= 0.6 is 0 Å². The molecule has 0 radical (unpaired) electrons. The molecule has 2 nitrogen and oxygen atoms in total. The van der Waals surface area contributed by atoms with E-state index in [4.69, 9.17) is 5.84 Å². The Hall–Kier alpha value is -0.930. The summed E-state index contributed by atoms with van der Waals surface area (Å²) in [5.41, 5.74) is 3.37. The normalized spacial score (nSPS) is 14.8. The summed E-state index contributed by atoms with van der Waals surface area (Å²) in [4.78, 5) is 0. The lowest BCUT2D eigenvalue weighted by Gasteiger charge is -2.20. The number of hydrazine groups is 1. The van der Waals surface area contributed by atoms with Crippen molar-refractivity contribution in [2.45, 2.75) is 39.2 Å². The summed E-state index contributed by atoms with van der Waals surface area (Å²) in [6.07, 6.45) is 3.16. The SMILES string of the molecule is CCCC(C)CC(NN)c1ccccc1F. The summed E-state index contributed by atoms with van der Waals surface area (Å²) in [5.74, 6) is 5.86. The van der Waals surface area contributed by atoms with E-state index in [2.05, 4.69) is 19.3 Å². The van der Waals surface area contributed by atoms with Gasteiger partial charge in [0.2, 0.25) is 0 Å². The predicted octanol–water partition coefficient (Wildman–Crippen LogP) is 3.16. The van der Waals surface area contributed by atoms with Crippen LogP contribution in [0.2, 0.25) is 0 Å². The summed E-state index contributed by atoms with van der Waals surface area (Å²) >= 11 is 0. The van der Waals surface area contributed by atoms with Crippen molar-refractivity contribution in [3.05, 3.63) is 35.6 Å². The molecule has 0 spiro atoms. The molecule has 0 saturated heterocycles. The van der Waals surface area contributed by atoms with E-state index >= 15 is 0 Å². The molecule has 0 amide bonds. The van der Waals surface area contributed by atoms with Crippen LogP contribution in [0, 0.1) is 11.7 Å². The molecule has 90 valence electrons. The second-order valence-corrected chi connectivity index (χ2v) is 4.37. The zero-order valence-electron chi connectivity index (χ0n) is 10.0. The average molecular weight is 224 g/mol. The Morgan fingerprint density at radius 3 is 2.62 bits per heavy atom. The number of nitrogens with one attached hydrogen (secondary N) is 1. The van der Waals surface area contributed by atoms with Crippen molar-refractivity contribution in [1.29, 1.82) is 0 Å². The monoisotopic (exact) mass is 224 g/mol. The number of rotatable bonds is 6. The Labute approximate surface area is 97.0 Å². The summed E-state index contributed by atoms with van der Waals surface area (Å²) in [5, 5.41) is 0. The minimum absolute atomic E-state index is 0.0947. The van der Waals surface area contributed by atoms with Crippen molar-refractivity contribution in [2.75, 3.05) is 0 Å². The van der Waals surface area contributed by atoms with Crippen molar-refractivity contribution < 1.29 is 4.39 Å². The van der Waals surface area contributed by atoms with Gasteiger partial charge in [-0.15, -0.1) is 0 Å². The highest BCUT2D eigenvalue weighted by atomic mass is 19.1. The maximum atomic E-state index is 13.6. The van der Waals surface area contributed by atoms with Gasteiger partial charge in [-0.1, -0.05) is 44.9 Å². The molecule has 3 heteroatoms. The molecule has 0 heterocycles. The maximum Gasteiger partial charge on any atom is 0.128 e. The third-order valence-electron chi connectivity index (χ3n) is 2.90. The molecule has 1 rings (SSSR count). The highest BCUT2D eigenvalue weighted by molar-refractivity contribution is 5.21. The van der Waals surface area contributed by atoms with Gasteiger partial charge in [-0.3, -0.25) is 11.3 Å². The van der Waals surface area contributed by atoms with Gasteiger partial charge in [0.25, 0.3) is 0 Å². The Kier molecular flexibility index (Phi) is 5.43. The molecule has 0 aromatic heterocycles. The molecule has 0 saturated carbocycles. The summed E-state index contributed by atoms with van der Waals surface area (Å²) < 4.78 is 13.6. The van der Waals surface area contributed by atoms with Gasteiger partial charge in [-0.25, -0.2) is 4.39 Å². The fourth-order valence-corrected chi connectivity index (χ4v) is 2.06. The third kappa shape index (κ3) is 3.58. The predicted molar refractivity (Wildman–Crippen MR) is 65.2 cm³/mol. The fraction of sp³-hybridized carbons (Fsp3) is 0.538. The van der Waals surface area contributed by atoms with E-state index in [0.717, 1.165) is 19.3 Å². The van der Waals surface area contributed by atoms with Crippen molar-refractivity contribution in [1.82, 2.24) is 5.43 Å². The summed E-state index contributed by atoms with van der Waals surface area (Å²) in [6, 6.07) is 6.71. The minimum Gasteiger partial charge on any atom is -0.271 e. The van der Waals surface area contributed by atoms with Crippen molar-refractivity contribution >= 4 is 0 Å². The molecule has 0 bridgehead atoms. The van der Waals surface area contributed by atoms with Crippen LogP contribution in [0.3, 0.4) is 0 Å². The highest BCUT2D eigenvalue weighted by Crippen LogP contribution is 2.24. The number of hydrogen-bond donors (Lipinski definition) is 2. The second-order valence-electron chi connectivity index (χ2n) is 4.37. The standard InChI is InChI=1S/C13H21FN2/c1-3-6-10(2)9-13(16-15)11-7-4-5-8-12(11)14/h4-5,7-8,10,13,16H,3,6,9,15H2,1-2H3. The topological polar surface area (TPSA) is 38.0 Å². The van der Waals surface area contributed by atoms with Gasteiger partial charge < -0.3 is 0 Å². The molecule has 0 fully saturated rings. The molecule has 1 aromatic rings. The molecular formula is C13H21FN2. The van der Waals surface area contributed by atoms with Gasteiger partial charge in [0.1, 0.15) is 5.82 Å². The maximum absolute atomic E-state index is 13.6. The van der Waals surface area contributed by atoms with E-state index in [1.807, 2.05) is 6.07 Å². The van der Waals surface area contributed by atoms with Crippen molar-refractivity contribution in [3.8, 4) is 0 Å². The van der Waals surface area contributed by atoms with Gasteiger partial charge in [0.15, 0.2) is 0 Å². The first-order valence-corrected chi connectivity index (χ1v) is 5.89. The number of nitrogens with two attached hydrogens (primary N) is 1. The first kappa shape index (κ1) is 13.1. The van der Waals surface area contributed by atoms with Crippen LogP contribution in [0.4, 0.5) is 4.39 Å². The van der Waals surface area contributed by atoms with Gasteiger partial charge in [-0.05, 0) is 18.4 Å². The zero-order valence-corrected chi connectivity index (χ0v) is 10.0. The highest BCUT2D eigenvalue weighted by Gasteiger charge is 2.16. The first-order valence-electron chi connectivity index (χ1n) is 5.89. The molecule has 1 aromatic carbocycles. The second kappa shape index (κ2) is 6.61. The van der Waals surface area contributed by atoms with Gasteiger partial charge >= 0.3 is 0 Å². The van der Waals surface area contributed by atoms with Crippen LogP contribution in [0.5, 0.6) is 0 Å². The van der Waals surface area contributed by atoms with E-state index in [0.29, 0.717) is 11.5 Å². The summed E-state index contributed by atoms with van der Waals surface area (Å²) in [7, 11) is 0. The van der Waals surface area contributed by atoms with Gasteiger partial charge in [0, 0.05) is 11.6 Å². The molecule has 0 aliphatic carbocycles. The molecule has 3 N–H and O–H groups in total. The lowest BCUT2D eigenvalue weighted by atomic mass is 9.93. The molecule has 2 unspecified atom stereocenters. The van der Waals surface area contributed by atoms with Crippen molar-refractivity contribution in [3.63, 3.8) is 0 Å². The number of benzene rings is 1. The Morgan fingerprint density at radius 2 is 2.06 bits per heavy atom. The van der Waals surface area contributed by atoms with Crippen LogP contribution in [0.1, 0.15) is 44.7 Å². The first-order chi connectivity index (χ1) is 7.69. The van der Waals surface area contributed by atoms with E-state index in [9.17, 15) is 4.39 Å². The van der Waals surface area contributed by atoms with E-state index < -0.39 is 0 Å². The summed E-state index contributed by atoms with van der Waals surface area (Å²) in [6.45, 7) is 4.33. The number of halogens is 1. The quantitative estimate of drug-likeness (QED) is 0.575. The third-order valence-corrected chi connectivity index (χ3v) is 2.90. The van der Waals surface area contributed by atoms with Crippen LogP contribution in [0.25, 0.3) is 0 Å². The van der Waals surface area contributed by atoms with Crippen LogP contribution in [-0.2, 0) is 0 Å². The molecule has 16 heavy (non-hydrogen) atoms. The van der Waals surface area contributed by atoms with Crippen LogP contribution < -0.4 is 11.3 Å². The van der Waals surface area contributed by atoms with Crippen LogP contribution in [0.15, 0.2) is 24.3 Å². The number of hydrogen-bond acceptors (Lipinski definition) is 2. The Bertz CT molecular complexity index is 315. The van der Waals surface area contributed by atoms with E-state index in [1.165, 1.54) is 6.07 Å². The molecule has 2 atom stereocenters. The average Bonchev–Trinajstić information content (AvgIpc) is 2.27. The fourth-order valence-electron chi connectivity index (χ4n) is 2.06. The molecule has 0 aliphatic rings. The lowest BCUT2D eigenvalue weighted by molar-refractivity contribution is 0.385.